The van der Waals surface area contributed by atoms with Crippen LogP contribution in [-0.2, 0) is 10.8 Å². The Hall–Kier alpha value is -5.86. The van der Waals surface area contributed by atoms with Gasteiger partial charge in [-0.05, 0) is 156 Å². The molecule has 0 radical (unpaired) electrons. The molecule has 3 atom stereocenters. The summed E-state index contributed by atoms with van der Waals surface area (Å²) in [5.74, 6) is 2.14. The zero-order chi connectivity index (χ0) is 40.3. The Labute approximate surface area is 357 Å². The summed E-state index contributed by atoms with van der Waals surface area (Å²) in [7, 11) is 0. The largest absolute Gasteiger partial charge is 0.311 e. The SMILES string of the molecule is CC1(C)c2ccccc2-c2cccc(N(c3ccccc3)c3ccc(C4(c5ccc(N(c6ccccc6)c6ccc(C7CCCCC7)cc6)cc5)CC5CCC4C5)cc3)c21. The Morgan fingerprint density at radius 1 is 0.450 bits per heavy atom. The number of hydrogen-bond donors (Lipinski definition) is 0. The average molecular weight is 781 g/mol. The Morgan fingerprint density at radius 3 is 1.58 bits per heavy atom. The highest BCUT2D eigenvalue weighted by Crippen LogP contribution is 2.61. The molecular weight excluding hydrogens is 725 g/mol. The zero-order valence-corrected chi connectivity index (χ0v) is 35.2. The number of para-hydroxylation sites is 2. The Kier molecular flexibility index (Phi) is 9.29. The zero-order valence-electron chi connectivity index (χ0n) is 35.2. The van der Waals surface area contributed by atoms with Crippen LogP contribution in [0.2, 0.25) is 0 Å². The van der Waals surface area contributed by atoms with E-state index in [1.165, 1.54) is 131 Å². The topological polar surface area (TPSA) is 6.48 Å². The Morgan fingerprint density at radius 2 is 0.983 bits per heavy atom. The van der Waals surface area contributed by atoms with Gasteiger partial charge < -0.3 is 9.80 Å². The van der Waals surface area contributed by atoms with Gasteiger partial charge in [0.2, 0.25) is 0 Å². The van der Waals surface area contributed by atoms with Gasteiger partial charge in [-0.2, -0.15) is 0 Å². The van der Waals surface area contributed by atoms with Crippen LogP contribution in [0.3, 0.4) is 0 Å². The predicted molar refractivity (Wildman–Crippen MR) is 252 cm³/mol. The molecule has 0 aliphatic heterocycles. The van der Waals surface area contributed by atoms with E-state index < -0.39 is 0 Å². The molecule has 0 amide bonds. The third kappa shape index (κ3) is 6.13. The quantitative estimate of drug-likeness (QED) is 0.144. The van der Waals surface area contributed by atoms with Gasteiger partial charge in [-0.3, -0.25) is 0 Å². The van der Waals surface area contributed by atoms with E-state index in [1.807, 2.05) is 0 Å². The molecule has 2 nitrogen and oxygen atoms in total. The van der Waals surface area contributed by atoms with Gasteiger partial charge >= 0.3 is 0 Å². The summed E-state index contributed by atoms with van der Waals surface area (Å²) in [4.78, 5) is 4.94. The standard InChI is InChI=1S/C58H56N2/c1-57(2)54-23-13-12-21-52(54)53-22-14-24-55(56(53)57)60(48-19-10-5-11-20-48)51-37-31-45(32-38-51)58(40-41-25-28-46(58)39-41)44-29-35-50(36-30-44)59(47-17-8-4-9-18-47)49-33-26-43(27-34-49)42-15-6-3-7-16-42/h4-5,8-14,17-24,26-27,29-38,41-42,46H,3,6-7,15-16,25,28,39-40H2,1-2H3. The van der Waals surface area contributed by atoms with E-state index in [-0.39, 0.29) is 10.8 Å². The molecule has 2 heteroatoms. The third-order valence-corrected chi connectivity index (χ3v) is 15.2. The molecule has 2 bridgehead atoms. The fourth-order valence-corrected chi connectivity index (χ4v) is 12.4. The Balaban J connectivity index is 0.963. The monoisotopic (exact) mass is 780 g/mol. The van der Waals surface area contributed by atoms with Crippen molar-refractivity contribution in [3.05, 3.63) is 204 Å². The average Bonchev–Trinajstić information content (AvgIpc) is 4.00. The van der Waals surface area contributed by atoms with Crippen LogP contribution in [0.5, 0.6) is 0 Å². The molecule has 3 fully saturated rings. The molecule has 4 aliphatic carbocycles. The van der Waals surface area contributed by atoms with Crippen LogP contribution in [-0.4, -0.2) is 0 Å². The number of fused-ring (bicyclic) bond motifs is 5. The van der Waals surface area contributed by atoms with Crippen molar-refractivity contribution in [2.75, 3.05) is 9.80 Å². The summed E-state index contributed by atoms with van der Waals surface area (Å²) < 4.78 is 0. The molecule has 3 unspecified atom stereocenters. The van der Waals surface area contributed by atoms with Gasteiger partial charge in [0.05, 0.1) is 5.69 Å². The van der Waals surface area contributed by atoms with E-state index in [0.717, 1.165) is 5.92 Å². The fourth-order valence-electron chi connectivity index (χ4n) is 12.4. The summed E-state index contributed by atoms with van der Waals surface area (Å²) in [6.07, 6.45) is 12.0. The first kappa shape index (κ1) is 37.2. The predicted octanol–water partition coefficient (Wildman–Crippen LogP) is 16.1. The minimum atomic E-state index is -0.122. The van der Waals surface area contributed by atoms with Crippen molar-refractivity contribution in [2.45, 2.75) is 88.4 Å². The highest BCUT2D eigenvalue weighted by atomic mass is 15.1. The number of anilines is 6. The van der Waals surface area contributed by atoms with Crippen LogP contribution in [0.4, 0.5) is 34.1 Å². The van der Waals surface area contributed by atoms with Gasteiger partial charge in [-0.15, -0.1) is 0 Å². The normalized spacial score (nSPS) is 21.4. The van der Waals surface area contributed by atoms with Gasteiger partial charge in [0.25, 0.3) is 0 Å². The lowest BCUT2D eigenvalue weighted by Crippen LogP contribution is -2.34. The number of nitrogens with zero attached hydrogens (tertiary/aromatic N) is 2. The van der Waals surface area contributed by atoms with Crippen LogP contribution in [0.1, 0.15) is 105 Å². The minimum absolute atomic E-state index is 0.00834. The van der Waals surface area contributed by atoms with E-state index in [4.69, 9.17) is 0 Å². The molecule has 0 heterocycles. The van der Waals surface area contributed by atoms with Crippen molar-refractivity contribution in [1.29, 1.82) is 0 Å². The van der Waals surface area contributed by atoms with Crippen LogP contribution in [0.25, 0.3) is 11.1 Å². The van der Waals surface area contributed by atoms with Gasteiger partial charge in [0.15, 0.2) is 0 Å². The molecule has 0 saturated heterocycles. The number of benzene rings is 7. The first-order valence-electron chi connectivity index (χ1n) is 22.7. The lowest BCUT2D eigenvalue weighted by atomic mass is 9.64. The summed E-state index contributed by atoms with van der Waals surface area (Å²) in [5, 5.41) is 0. The molecule has 60 heavy (non-hydrogen) atoms. The van der Waals surface area contributed by atoms with Crippen molar-refractivity contribution in [2.24, 2.45) is 11.8 Å². The second kappa shape index (κ2) is 15.0. The van der Waals surface area contributed by atoms with Crippen molar-refractivity contribution in [3.8, 4) is 11.1 Å². The molecule has 0 N–H and O–H groups in total. The summed E-state index contributed by atoms with van der Waals surface area (Å²) in [6.45, 7) is 4.79. The summed E-state index contributed by atoms with van der Waals surface area (Å²) in [5.41, 5.74) is 17.1. The maximum atomic E-state index is 2.50. The van der Waals surface area contributed by atoms with Crippen molar-refractivity contribution >= 4 is 34.1 Å². The Bertz CT molecular complexity index is 2600. The fraction of sp³-hybridized carbons (Fsp3) is 0.276. The van der Waals surface area contributed by atoms with E-state index in [9.17, 15) is 0 Å². The summed E-state index contributed by atoms with van der Waals surface area (Å²) >= 11 is 0. The van der Waals surface area contributed by atoms with Crippen LogP contribution in [0.15, 0.2) is 176 Å². The van der Waals surface area contributed by atoms with Crippen molar-refractivity contribution in [1.82, 2.24) is 0 Å². The molecule has 0 aromatic heterocycles. The first-order valence-corrected chi connectivity index (χ1v) is 22.7. The first-order chi connectivity index (χ1) is 29.5. The van der Waals surface area contributed by atoms with Crippen LogP contribution < -0.4 is 9.80 Å². The second-order valence-electron chi connectivity index (χ2n) is 18.8. The van der Waals surface area contributed by atoms with E-state index in [1.54, 1.807) is 0 Å². The van der Waals surface area contributed by atoms with Crippen molar-refractivity contribution in [3.63, 3.8) is 0 Å². The molecule has 4 aliphatic rings. The molecule has 11 rings (SSSR count). The van der Waals surface area contributed by atoms with Gasteiger partial charge in [-0.25, -0.2) is 0 Å². The maximum Gasteiger partial charge on any atom is 0.0508 e. The summed E-state index contributed by atoms with van der Waals surface area (Å²) in [6, 6.07) is 66.8. The molecule has 3 saturated carbocycles. The number of rotatable bonds is 9. The minimum Gasteiger partial charge on any atom is -0.311 e. The molecule has 7 aromatic rings. The highest BCUT2D eigenvalue weighted by molar-refractivity contribution is 5.90. The van der Waals surface area contributed by atoms with Gasteiger partial charge in [0, 0.05) is 39.3 Å². The van der Waals surface area contributed by atoms with E-state index >= 15 is 0 Å². The van der Waals surface area contributed by atoms with Crippen molar-refractivity contribution < 1.29 is 0 Å². The van der Waals surface area contributed by atoms with Crippen LogP contribution in [0, 0.1) is 11.8 Å². The molecule has 298 valence electrons. The smallest absolute Gasteiger partial charge is 0.0508 e. The highest BCUT2D eigenvalue weighted by Gasteiger charge is 2.52. The van der Waals surface area contributed by atoms with Gasteiger partial charge in [0.1, 0.15) is 0 Å². The second-order valence-corrected chi connectivity index (χ2v) is 18.8. The number of hydrogen-bond acceptors (Lipinski definition) is 2. The lowest BCUT2D eigenvalue weighted by molar-refractivity contribution is 0.320. The molecule has 0 spiro atoms. The maximum absolute atomic E-state index is 2.50. The van der Waals surface area contributed by atoms with E-state index in [2.05, 4.69) is 200 Å². The third-order valence-electron chi connectivity index (χ3n) is 15.2. The van der Waals surface area contributed by atoms with E-state index in [0.29, 0.717) is 11.8 Å². The van der Waals surface area contributed by atoms with Crippen LogP contribution >= 0.6 is 0 Å². The van der Waals surface area contributed by atoms with Gasteiger partial charge in [-0.1, -0.05) is 149 Å². The lowest BCUT2D eigenvalue weighted by Gasteiger charge is -2.40. The molecular formula is C58H56N2. The molecule has 7 aromatic carbocycles.